The number of halogens is 1. The summed E-state index contributed by atoms with van der Waals surface area (Å²) in [5.41, 5.74) is 2.59. The van der Waals surface area contributed by atoms with Crippen LogP contribution in [0.1, 0.15) is 5.56 Å². The fourth-order valence-electron chi connectivity index (χ4n) is 4.45. The largest absolute Gasteiger partial charge is 0.483 e. The number of nitrogens with zero attached hydrogens (tertiary/aromatic N) is 2. The van der Waals surface area contributed by atoms with Gasteiger partial charge in [0.1, 0.15) is 11.6 Å². The number of carbonyl (C=O) groups is 1. The van der Waals surface area contributed by atoms with Crippen LogP contribution in [0, 0.1) is 5.82 Å². The molecule has 5 nitrogen and oxygen atoms in total. The number of benzene rings is 4. The Morgan fingerprint density at radius 1 is 0.829 bits per heavy atom. The molecule has 1 amide bonds. The molecular formula is C29H28FN3O2. The van der Waals surface area contributed by atoms with Crippen LogP contribution in [0.15, 0.2) is 91.0 Å². The van der Waals surface area contributed by atoms with E-state index in [1.807, 2.05) is 78.9 Å². The van der Waals surface area contributed by atoms with Gasteiger partial charge in [-0.2, -0.15) is 0 Å². The topological polar surface area (TPSA) is 44.8 Å². The van der Waals surface area contributed by atoms with Crippen LogP contribution in [0.5, 0.6) is 5.75 Å². The number of nitrogens with one attached hydrogen (secondary N) is 1. The molecule has 0 bridgehead atoms. The van der Waals surface area contributed by atoms with Gasteiger partial charge >= 0.3 is 0 Å². The normalized spacial score (nSPS) is 14.1. The Morgan fingerprint density at radius 2 is 1.54 bits per heavy atom. The van der Waals surface area contributed by atoms with E-state index >= 15 is 0 Å². The lowest BCUT2D eigenvalue weighted by Gasteiger charge is -2.36. The Morgan fingerprint density at radius 3 is 2.34 bits per heavy atom. The summed E-state index contributed by atoms with van der Waals surface area (Å²) in [6.45, 7) is 4.07. The summed E-state index contributed by atoms with van der Waals surface area (Å²) in [6.07, 6.45) is 0. The first-order valence-corrected chi connectivity index (χ1v) is 11.9. The minimum atomic E-state index is -0.201. The average Bonchev–Trinajstić information content (AvgIpc) is 2.90. The van der Waals surface area contributed by atoms with Crippen LogP contribution in [0.3, 0.4) is 0 Å². The fourth-order valence-corrected chi connectivity index (χ4v) is 4.45. The number of ether oxygens (including phenoxy) is 1. The van der Waals surface area contributed by atoms with E-state index in [0.717, 1.165) is 53.9 Å². The molecule has 1 N–H and O–H groups in total. The maximum Gasteiger partial charge on any atom is 0.262 e. The second kappa shape index (κ2) is 10.6. The highest BCUT2D eigenvalue weighted by molar-refractivity contribution is 5.93. The van der Waals surface area contributed by atoms with Gasteiger partial charge in [-0.1, -0.05) is 54.6 Å². The number of hydrogen-bond acceptors (Lipinski definition) is 4. The second-order valence-corrected chi connectivity index (χ2v) is 8.72. The van der Waals surface area contributed by atoms with Crippen molar-refractivity contribution in [3.05, 3.63) is 102 Å². The molecule has 0 aromatic heterocycles. The standard InChI is InChI=1S/C29H28FN3O2/c30-27-10-4-2-7-23(27)20-32-16-18-33(19-17-32)25-14-12-24(13-15-25)31-29(34)21-35-28-11-5-8-22-6-1-3-9-26(22)28/h1-15H,16-21H2,(H,31,34). The Labute approximate surface area is 204 Å². The van der Waals surface area contributed by atoms with Crippen molar-refractivity contribution < 1.29 is 13.9 Å². The van der Waals surface area contributed by atoms with Crippen LogP contribution in [0.4, 0.5) is 15.8 Å². The van der Waals surface area contributed by atoms with Crippen molar-refractivity contribution in [3.8, 4) is 5.75 Å². The molecule has 0 saturated carbocycles. The molecule has 0 radical (unpaired) electrons. The molecule has 35 heavy (non-hydrogen) atoms. The van der Waals surface area contributed by atoms with Crippen molar-refractivity contribution in [2.45, 2.75) is 6.54 Å². The number of hydrogen-bond donors (Lipinski definition) is 1. The number of carbonyl (C=O) groups excluding carboxylic acids is 1. The van der Waals surface area contributed by atoms with E-state index in [4.69, 9.17) is 4.74 Å². The van der Waals surface area contributed by atoms with Gasteiger partial charge in [-0.15, -0.1) is 0 Å². The van der Waals surface area contributed by atoms with Crippen LogP contribution in [-0.2, 0) is 11.3 Å². The number of piperazine rings is 1. The monoisotopic (exact) mass is 469 g/mol. The van der Waals surface area contributed by atoms with E-state index in [0.29, 0.717) is 12.3 Å². The SMILES string of the molecule is O=C(COc1cccc2ccccc12)Nc1ccc(N2CCN(Cc3ccccc3F)CC2)cc1. The highest BCUT2D eigenvalue weighted by atomic mass is 19.1. The lowest BCUT2D eigenvalue weighted by molar-refractivity contribution is -0.118. The third-order valence-electron chi connectivity index (χ3n) is 6.35. The first-order valence-electron chi connectivity index (χ1n) is 11.9. The van der Waals surface area contributed by atoms with Gasteiger partial charge in [-0.3, -0.25) is 9.69 Å². The smallest absolute Gasteiger partial charge is 0.262 e. The van der Waals surface area contributed by atoms with Crippen molar-refractivity contribution in [1.29, 1.82) is 0 Å². The predicted octanol–water partition coefficient (Wildman–Crippen LogP) is 5.32. The Bertz CT molecular complexity index is 1300. The van der Waals surface area contributed by atoms with E-state index in [9.17, 15) is 9.18 Å². The zero-order valence-corrected chi connectivity index (χ0v) is 19.5. The van der Waals surface area contributed by atoms with Crippen molar-refractivity contribution in [1.82, 2.24) is 4.90 Å². The van der Waals surface area contributed by atoms with E-state index in [2.05, 4.69) is 15.1 Å². The molecule has 1 fully saturated rings. The predicted molar refractivity (Wildman–Crippen MR) is 138 cm³/mol. The number of anilines is 2. The summed E-state index contributed by atoms with van der Waals surface area (Å²) < 4.78 is 19.7. The van der Waals surface area contributed by atoms with Crippen LogP contribution >= 0.6 is 0 Å². The van der Waals surface area contributed by atoms with Gasteiger partial charge < -0.3 is 15.0 Å². The summed E-state index contributed by atoms with van der Waals surface area (Å²) >= 11 is 0. The van der Waals surface area contributed by atoms with Gasteiger partial charge in [0.15, 0.2) is 6.61 Å². The van der Waals surface area contributed by atoms with E-state index in [1.54, 1.807) is 6.07 Å². The Hall–Kier alpha value is -3.90. The summed E-state index contributed by atoms with van der Waals surface area (Å²) in [4.78, 5) is 17.0. The van der Waals surface area contributed by atoms with Crippen LogP contribution in [-0.4, -0.2) is 43.6 Å². The number of rotatable bonds is 7. The molecule has 6 heteroatoms. The lowest BCUT2D eigenvalue weighted by atomic mass is 10.1. The maximum absolute atomic E-state index is 13.9. The van der Waals surface area contributed by atoms with Gasteiger partial charge in [0.2, 0.25) is 0 Å². The molecule has 1 aliphatic rings. The molecule has 178 valence electrons. The van der Waals surface area contributed by atoms with E-state index in [1.165, 1.54) is 6.07 Å². The summed E-state index contributed by atoms with van der Waals surface area (Å²) in [5.74, 6) is 0.352. The molecule has 0 atom stereocenters. The van der Waals surface area contributed by atoms with E-state index in [-0.39, 0.29) is 18.3 Å². The third-order valence-corrected chi connectivity index (χ3v) is 6.35. The number of amides is 1. The second-order valence-electron chi connectivity index (χ2n) is 8.72. The highest BCUT2D eigenvalue weighted by Crippen LogP contribution is 2.25. The molecule has 1 aliphatic heterocycles. The molecule has 4 aromatic rings. The first kappa shape index (κ1) is 22.9. The summed E-state index contributed by atoms with van der Waals surface area (Å²) in [6, 6.07) is 28.6. The molecule has 1 saturated heterocycles. The molecule has 0 spiro atoms. The Balaban J connectivity index is 1.11. The lowest BCUT2D eigenvalue weighted by Crippen LogP contribution is -2.46. The maximum atomic E-state index is 13.9. The van der Waals surface area contributed by atoms with Gasteiger partial charge in [-0.05, 0) is 41.8 Å². The van der Waals surface area contributed by atoms with E-state index < -0.39 is 0 Å². The van der Waals surface area contributed by atoms with Gasteiger partial charge in [-0.25, -0.2) is 4.39 Å². The zero-order chi connectivity index (χ0) is 24.0. The Kier molecular flexibility index (Phi) is 6.91. The van der Waals surface area contributed by atoms with Gasteiger partial charge in [0.05, 0.1) is 0 Å². The summed E-state index contributed by atoms with van der Waals surface area (Å²) in [5, 5.41) is 4.97. The molecule has 4 aromatic carbocycles. The van der Waals surface area contributed by atoms with Gasteiger partial charge in [0.25, 0.3) is 5.91 Å². The van der Waals surface area contributed by atoms with Crippen molar-refractivity contribution in [2.75, 3.05) is 43.0 Å². The summed E-state index contributed by atoms with van der Waals surface area (Å²) in [7, 11) is 0. The minimum Gasteiger partial charge on any atom is -0.483 e. The minimum absolute atomic E-state index is 0.0558. The molecule has 1 heterocycles. The van der Waals surface area contributed by atoms with Crippen molar-refractivity contribution in [3.63, 3.8) is 0 Å². The average molecular weight is 470 g/mol. The molecular weight excluding hydrogens is 441 g/mol. The van der Waals surface area contributed by atoms with Crippen LogP contribution in [0.25, 0.3) is 10.8 Å². The molecule has 0 aliphatic carbocycles. The van der Waals surface area contributed by atoms with Crippen molar-refractivity contribution in [2.24, 2.45) is 0 Å². The van der Waals surface area contributed by atoms with Gasteiger partial charge in [0, 0.05) is 55.0 Å². The first-order chi connectivity index (χ1) is 17.2. The molecule has 0 unspecified atom stereocenters. The highest BCUT2D eigenvalue weighted by Gasteiger charge is 2.18. The number of fused-ring (bicyclic) bond motifs is 1. The zero-order valence-electron chi connectivity index (χ0n) is 19.5. The van der Waals surface area contributed by atoms with Crippen molar-refractivity contribution >= 4 is 28.1 Å². The quantitative estimate of drug-likeness (QED) is 0.398. The van der Waals surface area contributed by atoms with Crippen LogP contribution in [0.2, 0.25) is 0 Å². The fraction of sp³-hybridized carbons (Fsp3) is 0.207. The third kappa shape index (κ3) is 5.61. The molecule has 5 rings (SSSR count). The van der Waals surface area contributed by atoms with Crippen LogP contribution < -0.4 is 15.0 Å².